The zero-order valence-electron chi connectivity index (χ0n) is 10.9. The standard InChI is InChI=1S/C17H20O/c1-14-10-12-15(13-11-14)6-2-3-7-16-8-4-5-9-17(16)18/h4-5,8-13,18H,2-3,6-7H2,1H3. The molecule has 0 aromatic heterocycles. The third-order valence-corrected chi connectivity index (χ3v) is 3.27. The summed E-state index contributed by atoms with van der Waals surface area (Å²) in [7, 11) is 0. The van der Waals surface area contributed by atoms with Gasteiger partial charge in [0.15, 0.2) is 0 Å². The Bertz CT molecular complexity index is 485. The van der Waals surface area contributed by atoms with Crippen LogP contribution in [-0.2, 0) is 12.8 Å². The van der Waals surface area contributed by atoms with Crippen LogP contribution in [0.1, 0.15) is 29.5 Å². The van der Waals surface area contributed by atoms with E-state index >= 15 is 0 Å². The molecule has 0 spiro atoms. The number of aromatic hydroxyl groups is 1. The highest BCUT2D eigenvalue weighted by Crippen LogP contribution is 2.18. The molecular formula is C17H20O. The van der Waals surface area contributed by atoms with Crippen LogP contribution in [-0.4, -0.2) is 5.11 Å². The lowest BCUT2D eigenvalue weighted by Crippen LogP contribution is -1.90. The molecule has 94 valence electrons. The molecule has 2 aromatic carbocycles. The van der Waals surface area contributed by atoms with Crippen molar-refractivity contribution in [2.24, 2.45) is 0 Å². The predicted octanol–water partition coefficient (Wildman–Crippen LogP) is 4.27. The summed E-state index contributed by atoms with van der Waals surface area (Å²) in [5.41, 5.74) is 3.77. The van der Waals surface area contributed by atoms with E-state index in [1.807, 2.05) is 18.2 Å². The zero-order chi connectivity index (χ0) is 12.8. The molecule has 0 radical (unpaired) electrons. The van der Waals surface area contributed by atoms with Gasteiger partial charge in [-0.3, -0.25) is 0 Å². The molecule has 0 heterocycles. The summed E-state index contributed by atoms with van der Waals surface area (Å²) in [5, 5.41) is 9.66. The van der Waals surface area contributed by atoms with E-state index < -0.39 is 0 Å². The van der Waals surface area contributed by atoms with Gasteiger partial charge in [-0.15, -0.1) is 0 Å². The first kappa shape index (κ1) is 12.7. The largest absolute Gasteiger partial charge is 0.508 e. The van der Waals surface area contributed by atoms with Crippen molar-refractivity contribution in [2.75, 3.05) is 0 Å². The van der Waals surface area contributed by atoms with Crippen molar-refractivity contribution in [1.82, 2.24) is 0 Å². The summed E-state index contributed by atoms with van der Waals surface area (Å²) in [4.78, 5) is 0. The average Bonchev–Trinajstić information content (AvgIpc) is 2.39. The van der Waals surface area contributed by atoms with Crippen LogP contribution in [0.2, 0.25) is 0 Å². The molecule has 1 heteroatoms. The van der Waals surface area contributed by atoms with E-state index in [-0.39, 0.29) is 0 Å². The van der Waals surface area contributed by atoms with Crippen LogP contribution in [0.15, 0.2) is 48.5 Å². The molecule has 18 heavy (non-hydrogen) atoms. The van der Waals surface area contributed by atoms with Crippen LogP contribution in [0.3, 0.4) is 0 Å². The van der Waals surface area contributed by atoms with E-state index in [1.54, 1.807) is 6.07 Å². The van der Waals surface area contributed by atoms with Crippen LogP contribution >= 0.6 is 0 Å². The van der Waals surface area contributed by atoms with Gasteiger partial charge >= 0.3 is 0 Å². The molecular weight excluding hydrogens is 220 g/mol. The van der Waals surface area contributed by atoms with Crippen LogP contribution in [0.25, 0.3) is 0 Å². The number of benzene rings is 2. The first-order valence-electron chi connectivity index (χ1n) is 6.58. The van der Waals surface area contributed by atoms with E-state index in [4.69, 9.17) is 0 Å². The van der Waals surface area contributed by atoms with Crippen molar-refractivity contribution in [3.8, 4) is 5.75 Å². The van der Waals surface area contributed by atoms with Gasteiger partial charge < -0.3 is 5.11 Å². The minimum atomic E-state index is 0.424. The van der Waals surface area contributed by atoms with Crippen LogP contribution < -0.4 is 0 Å². The number of phenols is 1. The first-order chi connectivity index (χ1) is 8.75. The van der Waals surface area contributed by atoms with E-state index in [0.29, 0.717) is 5.75 Å². The molecule has 2 rings (SSSR count). The zero-order valence-corrected chi connectivity index (χ0v) is 10.9. The fraction of sp³-hybridized carbons (Fsp3) is 0.294. The highest BCUT2D eigenvalue weighted by molar-refractivity contribution is 5.31. The lowest BCUT2D eigenvalue weighted by atomic mass is 10.0. The van der Waals surface area contributed by atoms with Crippen molar-refractivity contribution in [2.45, 2.75) is 32.6 Å². The number of unbranched alkanes of at least 4 members (excludes halogenated alkanes) is 1. The van der Waals surface area contributed by atoms with Crippen molar-refractivity contribution < 1.29 is 5.11 Å². The molecule has 0 aliphatic rings. The van der Waals surface area contributed by atoms with Crippen molar-refractivity contribution >= 4 is 0 Å². The van der Waals surface area contributed by atoms with Crippen molar-refractivity contribution in [3.63, 3.8) is 0 Å². The summed E-state index contributed by atoms with van der Waals surface area (Å²) in [6.45, 7) is 2.11. The van der Waals surface area contributed by atoms with Gasteiger partial charge in [0.2, 0.25) is 0 Å². The topological polar surface area (TPSA) is 20.2 Å². The van der Waals surface area contributed by atoms with Crippen LogP contribution in [0.4, 0.5) is 0 Å². The summed E-state index contributed by atoms with van der Waals surface area (Å²) < 4.78 is 0. The molecule has 1 nitrogen and oxygen atoms in total. The Labute approximate surface area is 109 Å². The Kier molecular flexibility index (Phi) is 4.40. The quantitative estimate of drug-likeness (QED) is 0.774. The number of rotatable bonds is 5. The molecule has 0 fully saturated rings. The van der Waals surface area contributed by atoms with E-state index in [1.165, 1.54) is 11.1 Å². The third-order valence-electron chi connectivity index (χ3n) is 3.27. The molecule has 0 saturated heterocycles. The normalized spacial score (nSPS) is 10.5. The monoisotopic (exact) mass is 240 g/mol. The lowest BCUT2D eigenvalue weighted by Gasteiger charge is -2.05. The second-order valence-corrected chi connectivity index (χ2v) is 4.82. The van der Waals surface area contributed by atoms with Crippen molar-refractivity contribution in [3.05, 3.63) is 65.2 Å². The van der Waals surface area contributed by atoms with E-state index in [2.05, 4.69) is 31.2 Å². The summed E-state index contributed by atoms with van der Waals surface area (Å²) in [6, 6.07) is 16.3. The SMILES string of the molecule is Cc1ccc(CCCCc2ccccc2O)cc1. The van der Waals surface area contributed by atoms with E-state index in [0.717, 1.165) is 31.2 Å². The molecule has 0 aliphatic heterocycles. The second-order valence-electron chi connectivity index (χ2n) is 4.82. The molecule has 0 aliphatic carbocycles. The first-order valence-corrected chi connectivity index (χ1v) is 6.58. The number of hydrogen-bond acceptors (Lipinski definition) is 1. The number of hydrogen-bond donors (Lipinski definition) is 1. The fourth-order valence-electron chi connectivity index (χ4n) is 2.12. The van der Waals surface area contributed by atoms with Gasteiger partial charge in [-0.1, -0.05) is 48.0 Å². The van der Waals surface area contributed by atoms with Gasteiger partial charge in [0.25, 0.3) is 0 Å². The minimum Gasteiger partial charge on any atom is -0.508 e. The molecule has 0 unspecified atom stereocenters. The van der Waals surface area contributed by atoms with E-state index in [9.17, 15) is 5.11 Å². The minimum absolute atomic E-state index is 0.424. The fourth-order valence-corrected chi connectivity index (χ4v) is 2.12. The van der Waals surface area contributed by atoms with Gasteiger partial charge in [0, 0.05) is 0 Å². The number of para-hydroxylation sites is 1. The third kappa shape index (κ3) is 3.63. The van der Waals surface area contributed by atoms with Gasteiger partial charge in [-0.05, 0) is 49.8 Å². The summed E-state index contributed by atoms with van der Waals surface area (Å²) >= 11 is 0. The molecule has 0 saturated carbocycles. The Balaban J connectivity index is 1.76. The van der Waals surface area contributed by atoms with Gasteiger partial charge in [0.05, 0.1) is 0 Å². The number of aryl methyl sites for hydroxylation is 3. The highest BCUT2D eigenvalue weighted by Gasteiger charge is 1.99. The Morgan fingerprint density at radius 1 is 0.833 bits per heavy atom. The van der Waals surface area contributed by atoms with Crippen LogP contribution in [0.5, 0.6) is 5.75 Å². The summed E-state index contributed by atoms with van der Waals surface area (Å²) in [5.74, 6) is 0.424. The molecule has 0 amide bonds. The lowest BCUT2D eigenvalue weighted by molar-refractivity contribution is 0.466. The maximum atomic E-state index is 9.66. The average molecular weight is 240 g/mol. The van der Waals surface area contributed by atoms with Gasteiger partial charge in [-0.25, -0.2) is 0 Å². The predicted molar refractivity (Wildman–Crippen MR) is 75.9 cm³/mol. The Hall–Kier alpha value is -1.76. The highest BCUT2D eigenvalue weighted by atomic mass is 16.3. The maximum absolute atomic E-state index is 9.66. The van der Waals surface area contributed by atoms with Crippen LogP contribution in [0, 0.1) is 6.92 Å². The molecule has 2 aromatic rings. The van der Waals surface area contributed by atoms with Gasteiger partial charge in [0.1, 0.15) is 5.75 Å². The maximum Gasteiger partial charge on any atom is 0.118 e. The second kappa shape index (κ2) is 6.25. The molecule has 0 atom stereocenters. The molecule has 1 N–H and O–H groups in total. The Morgan fingerprint density at radius 2 is 1.50 bits per heavy atom. The number of phenolic OH excluding ortho intramolecular Hbond substituents is 1. The molecule has 0 bridgehead atoms. The summed E-state index contributed by atoms with van der Waals surface area (Å²) in [6.07, 6.45) is 4.36. The Morgan fingerprint density at radius 3 is 2.22 bits per heavy atom. The van der Waals surface area contributed by atoms with Gasteiger partial charge in [-0.2, -0.15) is 0 Å². The smallest absolute Gasteiger partial charge is 0.118 e. The van der Waals surface area contributed by atoms with Crippen molar-refractivity contribution in [1.29, 1.82) is 0 Å².